The highest BCUT2D eigenvalue weighted by atomic mass is 32.1. The lowest BCUT2D eigenvalue weighted by Crippen LogP contribution is -1.81. The van der Waals surface area contributed by atoms with Gasteiger partial charge in [0.1, 0.15) is 5.75 Å². The fourth-order valence-corrected chi connectivity index (χ4v) is 2.22. The molecule has 0 unspecified atom stereocenters. The summed E-state index contributed by atoms with van der Waals surface area (Å²) in [6, 6.07) is 4.99. The molecular weight excluding hydrogens is 214 g/mol. The van der Waals surface area contributed by atoms with Gasteiger partial charge in [-0.3, -0.25) is 10.1 Å². The summed E-state index contributed by atoms with van der Waals surface area (Å²) in [4.78, 5) is 9.66. The molecule has 1 heterocycles. The van der Waals surface area contributed by atoms with Gasteiger partial charge in [0.25, 0.3) is 0 Å². The maximum Gasteiger partial charge on any atom is 0.235 e. The van der Waals surface area contributed by atoms with Crippen molar-refractivity contribution in [1.29, 1.82) is 0 Å². The lowest BCUT2D eigenvalue weighted by Gasteiger charge is -1.92. The first kappa shape index (κ1) is 9.67. The minimum atomic E-state index is -0.508. The number of rotatable bonds is 2. The Morgan fingerprint density at radius 2 is 2.27 bits per heavy atom. The number of fused-ring (bicyclic) bond motifs is 1. The van der Waals surface area contributed by atoms with Crippen LogP contribution in [-0.2, 0) is 0 Å². The molecule has 1 N–H and O–H groups in total. The maximum absolute atomic E-state index is 10.2. The quantitative estimate of drug-likeness (QED) is 0.626. The summed E-state index contributed by atoms with van der Waals surface area (Å²) >= 11 is 1.49. The molecule has 0 spiro atoms. The number of phenols is 1. The van der Waals surface area contributed by atoms with Crippen LogP contribution in [0.2, 0.25) is 0 Å². The second-order valence-electron chi connectivity index (χ2n) is 2.97. The minimum absolute atomic E-state index is 0.164. The van der Waals surface area contributed by atoms with Gasteiger partial charge >= 0.3 is 0 Å². The van der Waals surface area contributed by atoms with E-state index >= 15 is 0 Å². The number of aromatic hydroxyl groups is 1. The fraction of sp³-hybridized carbons (Fsp3) is 0. The maximum atomic E-state index is 10.2. The lowest BCUT2D eigenvalue weighted by molar-refractivity contribution is -0.400. The van der Waals surface area contributed by atoms with E-state index in [1.165, 1.54) is 17.4 Å². The van der Waals surface area contributed by atoms with Crippen molar-refractivity contribution in [2.75, 3.05) is 0 Å². The molecule has 15 heavy (non-hydrogen) atoms. The highest BCUT2D eigenvalue weighted by Crippen LogP contribution is 2.29. The standard InChI is InChI=1S/C10H7NO3S/c12-8-1-2-10-9(5-8)7(6-15-10)3-4-11(13)14/h1-6,12H. The van der Waals surface area contributed by atoms with Crippen LogP contribution in [0.25, 0.3) is 16.2 Å². The average molecular weight is 221 g/mol. The number of phenolic OH excluding ortho intramolecular Hbond substituents is 1. The molecule has 0 amide bonds. The first-order valence-corrected chi connectivity index (χ1v) is 5.07. The molecule has 0 saturated carbocycles. The van der Waals surface area contributed by atoms with Gasteiger partial charge in [-0.25, -0.2) is 0 Å². The van der Waals surface area contributed by atoms with Gasteiger partial charge in [0, 0.05) is 16.2 Å². The zero-order chi connectivity index (χ0) is 10.8. The number of nitrogens with zero attached hydrogens (tertiary/aromatic N) is 1. The first-order valence-electron chi connectivity index (χ1n) is 4.19. The zero-order valence-electron chi connectivity index (χ0n) is 7.58. The van der Waals surface area contributed by atoms with Crippen LogP contribution in [-0.4, -0.2) is 10.0 Å². The molecule has 0 fully saturated rings. The third-order valence-corrected chi connectivity index (χ3v) is 2.94. The molecule has 0 aliphatic heterocycles. The van der Waals surface area contributed by atoms with E-state index in [-0.39, 0.29) is 5.75 Å². The van der Waals surface area contributed by atoms with Crippen molar-refractivity contribution >= 4 is 27.5 Å². The van der Waals surface area contributed by atoms with Crippen LogP contribution in [0, 0.1) is 10.1 Å². The molecule has 0 atom stereocenters. The van der Waals surface area contributed by atoms with Crippen LogP contribution in [0.5, 0.6) is 5.75 Å². The summed E-state index contributed by atoms with van der Waals surface area (Å²) in [5, 5.41) is 22.1. The van der Waals surface area contributed by atoms with Gasteiger partial charge in [-0.15, -0.1) is 11.3 Å². The van der Waals surface area contributed by atoms with E-state index in [0.29, 0.717) is 0 Å². The van der Waals surface area contributed by atoms with Gasteiger partial charge in [0.05, 0.1) is 4.92 Å². The summed E-state index contributed by atoms with van der Waals surface area (Å²) in [7, 11) is 0. The SMILES string of the molecule is O=[N+]([O-])C=Cc1csc2ccc(O)cc12. The van der Waals surface area contributed by atoms with Crippen LogP contribution in [0.1, 0.15) is 5.56 Å². The van der Waals surface area contributed by atoms with Gasteiger partial charge in [-0.2, -0.15) is 0 Å². The van der Waals surface area contributed by atoms with E-state index in [4.69, 9.17) is 0 Å². The monoisotopic (exact) mass is 221 g/mol. The van der Waals surface area contributed by atoms with E-state index in [9.17, 15) is 15.2 Å². The Labute approximate surface area is 89.2 Å². The van der Waals surface area contributed by atoms with E-state index in [2.05, 4.69) is 0 Å². The zero-order valence-corrected chi connectivity index (χ0v) is 8.40. The molecule has 0 saturated heterocycles. The van der Waals surface area contributed by atoms with Gasteiger partial charge in [0.15, 0.2) is 0 Å². The number of thiophene rings is 1. The van der Waals surface area contributed by atoms with Gasteiger partial charge in [-0.1, -0.05) is 0 Å². The number of benzene rings is 1. The molecule has 0 aliphatic carbocycles. The third kappa shape index (κ3) is 1.97. The van der Waals surface area contributed by atoms with E-state index in [1.807, 2.05) is 5.38 Å². The van der Waals surface area contributed by atoms with Gasteiger partial charge < -0.3 is 5.11 Å². The number of nitro groups is 1. The van der Waals surface area contributed by atoms with Crippen molar-refractivity contribution < 1.29 is 10.0 Å². The van der Waals surface area contributed by atoms with Crippen LogP contribution >= 0.6 is 11.3 Å². The van der Waals surface area contributed by atoms with E-state index in [1.54, 1.807) is 18.2 Å². The number of hydrogen-bond donors (Lipinski definition) is 1. The normalized spacial score (nSPS) is 11.2. The molecule has 0 bridgehead atoms. The second-order valence-corrected chi connectivity index (χ2v) is 3.88. The van der Waals surface area contributed by atoms with E-state index < -0.39 is 4.92 Å². The summed E-state index contributed by atoms with van der Waals surface area (Å²) in [5.41, 5.74) is 0.752. The van der Waals surface area contributed by atoms with Crippen molar-refractivity contribution in [2.45, 2.75) is 0 Å². The molecule has 2 aromatic rings. The highest BCUT2D eigenvalue weighted by molar-refractivity contribution is 7.17. The van der Waals surface area contributed by atoms with Crippen molar-refractivity contribution in [3.05, 3.63) is 45.5 Å². The van der Waals surface area contributed by atoms with Crippen LogP contribution in [0.4, 0.5) is 0 Å². The van der Waals surface area contributed by atoms with Crippen molar-refractivity contribution in [3.63, 3.8) is 0 Å². The molecule has 0 radical (unpaired) electrons. The molecule has 5 heteroatoms. The van der Waals surface area contributed by atoms with Crippen molar-refractivity contribution in [2.24, 2.45) is 0 Å². The molecule has 0 aliphatic rings. The van der Waals surface area contributed by atoms with Crippen LogP contribution < -0.4 is 0 Å². The topological polar surface area (TPSA) is 63.4 Å². The fourth-order valence-electron chi connectivity index (χ4n) is 1.31. The van der Waals surface area contributed by atoms with Gasteiger partial charge in [-0.05, 0) is 29.1 Å². The average Bonchev–Trinajstić information content (AvgIpc) is 2.57. The molecule has 76 valence electrons. The van der Waals surface area contributed by atoms with Crippen LogP contribution in [0.15, 0.2) is 29.8 Å². The van der Waals surface area contributed by atoms with Gasteiger partial charge in [0.2, 0.25) is 6.20 Å². The largest absolute Gasteiger partial charge is 0.508 e. The Balaban J connectivity index is 2.52. The minimum Gasteiger partial charge on any atom is -0.508 e. The Morgan fingerprint density at radius 3 is 3.00 bits per heavy atom. The highest BCUT2D eigenvalue weighted by Gasteiger charge is 2.03. The van der Waals surface area contributed by atoms with E-state index in [0.717, 1.165) is 21.8 Å². The predicted molar refractivity (Wildman–Crippen MR) is 59.5 cm³/mol. The molecule has 2 rings (SSSR count). The Hall–Kier alpha value is -1.88. The summed E-state index contributed by atoms with van der Waals surface area (Å²) in [6.07, 6.45) is 2.32. The molecule has 1 aromatic heterocycles. The van der Waals surface area contributed by atoms with Crippen molar-refractivity contribution in [3.8, 4) is 5.75 Å². The third-order valence-electron chi connectivity index (χ3n) is 1.96. The second kappa shape index (κ2) is 3.70. The summed E-state index contributed by atoms with van der Waals surface area (Å²) in [5.74, 6) is 0.164. The first-order chi connectivity index (χ1) is 7.16. The van der Waals surface area contributed by atoms with Crippen LogP contribution in [0.3, 0.4) is 0 Å². The summed E-state index contributed by atoms with van der Waals surface area (Å²) < 4.78 is 0.996. The predicted octanol–water partition coefficient (Wildman–Crippen LogP) is 2.85. The Kier molecular flexibility index (Phi) is 2.39. The Bertz CT molecular complexity index is 545. The molecule has 4 nitrogen and oxygen atoms in total. The smallest absolute Gasteiger partial charge is 0.235 e. The molecular formula is C10H7NO3S. The molecule has 1 aromatic carbocycles. The Morgan fingerprint density at radius 1 is 1.47 bits per heavy atom. The number of hydrogen-bond acceptors (Lipinski definition) is 4. The summed E-state index contributed by atoms with van der Waals surface area (Å²) in [6.45, 7) is 0. The lowest BCUT2D eigenvalue weighted by atomic mass is 10.1. The van der Waals surface area contributed by atoms with Crippen molar-refractivity contribution in [1.82, 2.24) is 0 Å².